The van der Waals surface area contributed by atoms with Crippen LogP contribution in [0.2, 0.25) is 0 Å². The lowest BCUT2D eigenvalue weighted by Gasteiger charge is -2.27. The van der Waals surface area contributed by atoms with Gasteiger partial charge in [-0.15, -0.1) is 0 Å². The van der Waals surface area contributed by atoms with Gasteiger partial charge >= 0.3 is 0 Å². The zero-order chi connectivity index (χ0) is 13.5. The maximum Gasteiger partial charge on any atom is 0.199 e. The van der Waals surface area contributed by atoms with Gasteiger partial charge in [-0.25, -0.2) is 4.99 Å². The van der Waals surface area contributed by atoms with Crippen LogP contribution in [0.25, 0.3) is 0 Å². The predicted octanol–water partition coefficient (Wildman–Crippen LogP) is 2.82. The van der Waals surface area contributed by atoms with Gasteiger partial charge in [0.15, 0.2) is 11.8 Å². The molecule has 3 aliphatic rings. The van der Waals surface area contributed by atoms with Crippen molar-refractivity contribution in [3.8, 4) is 0 Å². The summed E-state index contributed by atoms with van der Waals surface area (Å²) in [4.78, 5) is 9.45. The van der Waals surface area contributed by atoms with Gasteiger partial charge in [0.05, 0.1) is 12.6 Å². The molecule has 0 unspecified atom stereocenters. The minimum absolute atomic E-state index is 0.142. The third-order valence-corrected chi connectivity index (χ3v) is 4.51. The van der Waals surface area contributed by atoms with Crippen LogP contribution < -0.4 is 0 Å². The van der Waals surface area contributed by atoms with Crippen molar-refractivity contribution in [3.63, 3.8) is 0 Å². The zero-order valence-electron chi connectivity index (χ0n) is 12.2. The SMILES string of the molecule is CC(C)(C)[C@H]1COC(C2(C3=NCCO3)CCCC2)=N1. The van der Waals surface area contributed by atoms with Crippen LogP contribution in [-0.4, -0.2) is 37.6 Å². The number of aliphatic imine (C=N–C) groups is 2. The topological polar surface area (TPSA) is 43.2 Å². The second kappa shape index (κ2) is 4.50. The summed E-state index contributed by atoms with van der Waals surface area (Å²) in [6, 6.07) is 0.252. The van der Waals surface area contributed by atoms with Gasteiger partial charge in [-0.05, 0) is 18.3 Å². The molecule has 2 heterocycles. The van der Waals surface area contributed by atoms with Gasteiger partial charge in [-0.2, -0.15) is 0 Å². The molecule has 106 valence electrons. The molecule has 1 aliphatic carbocycles. The molecule has 1 atom stereocenters. The average Bonchev–Trinajstić information content (AvgIpc) is 3.10. The Kier molecular flexibility index (Phi) is 3.06. The third-order valence-electron chi connectivity index (χ3n) is 4.51. The molecule has 1 fully saturated rings. The van der Waals surface area contributed by atoms with Crippen LogP contribution in [0.15, 0.2) is 9.98 Å². The lowest BCUT2D eigenvalue weighted by atomic mass is 9.85. The van der Waals surface area contributed by atoms with Gasteiger partial charge in [0.1, 0.15) is 18.6 Å². The van der Waals surface area contributed by atoms with E-state index in [-0.39, 0.29) is 16.9 Å². The summed E-state index contributed by atoms with van der Waals surface area (Å²) in [6.45, 7) is 8.86. The van der Waals surface area contributed by atoms with Crippen molar-refractivity contribution in [2.75, 3.05) is 19.8 Å². The second-order valence-corrected chi connectivity index (χ2v) is 6.95. The van der Waals surface area contributed by atoms with Crippen LogP contribution in [0, 0.1) is 10.8 Å². The van der Waals surface area contributed by atoms with Crippen LogP contribution in [0.1, 0.15) is 46.5 Å². The largest absolute Gasteiger partial charge is 0.478 e. The average molecular weight is 264 g/mol. The van der Waals surface area contributed by atoms with Crippen LogP contribution in [0.4, 0.5) is 0 Å². The molecule has 0 aromatic heterocycles. The number of ether oxygens (including phenoxy) is 2. The van der Waals surface area contributed by atoms with E-state index in [0.29, 0.717) is 13.2 Å². The Morgan fingerprint density at radius 3 is 2.37 bits per heavy atom. The molecule has 2 aliphatic heterocycles. The number of hydrogen-bond donors (Lipinski definition) is 0. The first-order chi connectivity index (χ1) is 9.02. The minimum Gasteiger partial charge on any atom is -0.478 e. The normalized spacial score (nSPS) is 29.7. The van der Waals surface area contributed by atoms with Gasteiger partial charge in [0, 0.05) is 0 Å². The Labute approximate surface area is 115 Å². The van der Waals surface area contributed by atoms with Crippen molar-refractivity contribution in [1.82, 2.24) is 0 Å². The number of hydrogen-bond acceptors (Lipinski definition) is 4. The molecule has 3 rings (SSSR count). The van der Waals surface area contributed by atoms with Gasteiger partial charge in [0.2, 0.25) is 0 Å². The summed E-state index contributed by atoms with van der Waals surface area (Å²) in [7, 11) is 0. The first-order valence-corrected chi connectivity index (χ1v) is 7.41. The lowest BCUT2D eigenvalue weighted by molar-refractivity contribution is 0.218. The lowest BCUT2D eigenvalue weighted by Crippen LogP contribution is -2.37. The Morgan fingerprint density at radius 2 is 1.84 bits per heavy atom. The van der Waals surface area contributed by atoms with Gasteiger partial charge in [-0.3, -0.25) is 4.99 Å². The molecule has 0 aromatic rings. The smallest absolute Gasteiger partial charge is 0.199 e. The molecular weight excluding hydrogens is 240 g/mol. The van der Waals surface area contributed by atoms with Crippen molar-refractivity contribution in [1.29, 1.82) is 0 Å². The molecule has 0 bridgehead atoms. The van der Waals surface area contributed by atoms with Gasteiger partial charge in [0.25, 0.3) is 0 Å². The van der Waals surface area contributed by atoms with E-state index < -0.39 is 0 Å². The van der Waals surface area contributed by atoms with Crippen molar-refractivity contribution in [2.45, 2.75) is 52.5 Å². The first kappa shape index (κ1) is 12.9. The summed E-state index contributed by atoms with van der Waals surface area (Å²) < 4.78 is 11.7. The maximum absolute atomic E-state index is 5.98. The van der Waals surface area contributed by atoms with E-state index in [1.807, 2.05) is 0 Å². The molecule has 0 spiro atoms. The second-order valence-electron chi connectivity index (χ2n) is 6.95. The Bertz CT molecular complexity index is 414. The van der Waals surface area contributed by atoms with E-state index in [1.54, 1.807) is 0 Å². The molecule has 0 N–H and O–H groups in total. The van der Waals surface area contributed by atoms with E-state index in [2.05, 4.69) is 25.8 Å². The summed E-state index contributed by atoms with van der Waals surface area (Å²) in [5, 5.41) is 0. The van der Waals surface area contributed by atoms with E-state index in [4.69, 9.17) is 14.5 Å². The maximum atomic E-state index is 5.98. The molecular formula is C15H24N2O2. The Hall–Kier alpha value is -1.06. The zero-order valence-corrected chi connectivity index (χ0v) is 12.2. The Balaban J connectivity index is 1.90. The quantitative estimate of drug-likeness (QED) is 0.769. The van der Waals surface area contributed by atoms with Crippen LogP contribution in [0.3, 0.4) is 0 Å². The van der Waals surface area contributed by atoms with E-state index in [0.717, 1.165) is 31.2 Å². The molecule has 4 nitrogen and oxygen atoms in total. The van der Waals surface area contributed by atoms with Crippen LogP contribution >= 0.6 is 0 Å². The minimum atomic E-state index is -0.142. The molecule has 19 heavy (non-hydrogen) atoms. The molecule has 0 amide bonds. The summed E-state index contributed by atoms with van der Waals surface area (Å²) in [6.07, 6.45) is 4.57. The van der Waals surface area contributed by atoms with Crippen molar-refractivity contribution < 1.29 is 9.47 Å². The third kappa shape index (κ3) is 2.15. The summed E-state index contributed by atoms with van der Waals surface area (Å²) in [5.74, 6) is 1.78. The van der Waals surface area contributed by atoms with Crippen LogP contribution in [-0.2, 0) is 9.47 Å². The number of nitrogens with zero attached hydrogens (tertiary/aromatic N) is 2. The van der Waals surface area contributed by atoms with E-state index >= 15 is 0 Å². The Morgan fingerprint density at radius 1 is 1.11 bits per heavy atom. The molecule has 4 heteroatoms. The van der Waals surface area contributed by atoms with Crippen LogP contribution in [0.5, 0.6) is 0 Å². The predicted molar refractivity (Wildman–Crippen MR) is 75.8 cm³/mol. The fraction of sp³-hybridized carbons (Fsp3) is 0.867. The highest BCUT2D eigenvalue weighted by atomic mass is 16.5. The summed E-state index contributed by atoms with van der Waals surface area (Å²) in [5.41, 5.74) is 0.0103. The van der Waals surface area contributed by atoms with Crippen molar-refractivity contribution in [3.05, 3.63) is 0 Å². The van der Waals surface area contributed by atoms with Gasteiger partial charge in [-0.1, -0.05) is 33.6 Å². The highest BCUT2D eigenvalue weighted by Gasteiger charge is 2.50. The van der Waals surface area contributed by atoms with E-state index in [9.17, 15) is 0 Å². The summed E-state index contributed by atoms with van der Waals surface area (Å²) >= 11 is 0. The fourth-order valence-electron chi connectivity index (χ4n) is 3.20. The highest BCUT2D eigenvalue weighted by molar-refractivity contribution is 6.06. The van der Waals surface area contributed by atoms with Gasteiger partial charge < -0.3 is 9.47 Å². The fourth-order valence-corrected chi connectivity index (χ4v) is 3.20. The first-order valence-electron chi connectivity index (χ1n) is 7.41. The van der Waals surface area contributed by atoms with Crippen molar-refractivity contribution in [2.24, 2.45) is 20.8 Å². The molecule has 0 saturated heterocycles. The molecule has 0 radical (unpaired) electrons. The number of rotatable bonds is 2. The van der Waals surface area contributed by atoms with E-state index in [1.165, 1.54) is 12.8 Å². The highest BCUT2D eigenvalue weighted by Crippen LogP contribution is 2.44. The standard InChI is InChI=1S/C15H24N2O2/c1-14(2,3)11-10-19-13(17-11)15(6-4-5-7-15)12-16-8-9-18-12/h11H,4-10H2,1-3H3/t11-/m1/s1. The van der Waals surface area contributed by atoms with Crippen molar-refractivity contribution >= 4 is 11.8 Å². The molecule has 1 saturated carbocycles. The molecule has 0 aromatic carbocycles. The monoisotopic (exact) mass is 264 g/mol.